The lowest BCUT2D eigenvalue weighted by Crippen LogP contribution is -2.26. The van der Waals surface area contributed by atoms with Gasteiger partial charge in [-0.3, -0.25) is 14.3 Å². The molecule has 2 aromatic rings. The van der Waals surface area contributed by atoms with E-state index in [4.69, 9.17) is 33.1 Å². The molecular formula is C18H16Cl2N3O2S+. The van der Waals surface area contributed by atoms with E-state index in [1.54, 1.807) is 4.42 Å². The number of carbonyl (C=O) groups is 1. The average Bonchev–Trinajstić information content (AvgIpc) is 3.11. The molecule has 134 valence electrons. The van der Waals surface area contributed by atoms with Crippen LogP contribution in [-0.4, -0.2) is 29.9 Å². The molecule has 0 fully saturated rings. The standard InChI is InChI=1S/C18H16Cl2N3O2S/c1-25-18(24)13-9-26(2)17-12(13)7-21-16(11-5-3-4-6-14(11)19)15-8-22(20)10-23(15)17/h3-6,8-9H,7,10H2,1-2H3/q+1. The number of carbonyl (C=O) groups excluding carboxylic acids is 1. The van der Waals surface area contributed by atoms with Crippen LogP contribution in [0.3, 0.4) is 0 Å². The monoisotopic (exact) mass is 408 g/mol. The third kappa shape index (κ3) is 2.69. The predicted molar refractivity (Wildman–Crippen MR) is 106 cm³/mol. The first-order chi connectivity index (χ1) is 12.5. The number of aryl methyl sites for hydroxylation is 1. The molecule has 1 unspecified atom stereocenters. The summed E-state index contributed by atoms with van der Waals surface area (Å²) in [7, 11) is 1.15. The van der Waals surface area contributed by atoms with Gasteiger partial charge in [-0.2, -0.15) is 0 Å². The average molecular weight is 409 g/mol. The van der Waals surface area contributed by atoms with Crippen LogP contribution in [0.2, 0.25) is 5.02 Å². The van der Waals surface area contributed by atoms with Crippen molar-refractivity contribution in [2.75, 3.05) is 18.7 Å². The second-order valence-electron chi connectivity index (χ2n) is 5.99. The van der Waals surface area contributed by atoms with Crippen LogP contribution in [0.4, 0.5) is 5.00 Å². The molecule has 0 spiro atoms. The molecule has 0 N–H and O–H groups in total. The number of thiophene rings is 1. The van der Waals surface area contributed by atoms with Gasteiger partial charge in [-0.05, 0) is 6.07 Å². The second-order valence-corrected chi connectivity index (χ2v) is 8.57. The van der Waals surface area contributed by atoms with E-state index < -0.39 is 0 Å². The van der Waals surface area contributed by atoms with E-state index in [0.29, 0.717) is 23.8 Å². The van der Waals surface area contributed by atoms with Crippen molar-refractivity contribution in [1.82, 2.24) is 4.42 Å². The minimum Gasteiger partial charge on any atom is -0.465 e. The van der Waals surface area contributed by atoms with Crippen molar-refractivity contribution in [3.8, 4) is 0 Å². The Morgan fingerprint density at radius 2 is 2.12 bits per heavy atom. The summed E-state index contributed by atoms with van der Waals surface area (Å²) in [6, 6.07) is 7.60. The molecule has 5 nitrogen and oxygen atoms in total. The number of hydrogen-bond acceptors (Lipinski definition) is 5. The van der Waals surface area contributed by atoms with Crippen LogP contribution in [0.25, 0.3) is 0 Å². The number of aliphatic imine (C=N–C) groups is 1. The molecule has 0 bridgehead atoms. The summed E-state index contributed by atoms with van der Waals surface area (Å²) >= 11 is 12.7. The van der Waals surface area contributed by atoms with Gasteiger partial charge in [0.25, 0.3) is 5.00 Å². The summed E-state index contributed by atoms with van der Waals surface area (Å²) in [5, 5.41) is 3.65. The molecule has 8 heteroatoms. The van der Waals surface area contributed by atoms with Crippen molar-refractivity contribution in [1.29, 1.82) is 0 Å². The summed E-state index contributed by atoms with van der Waals surface area (Å²) < 4.78 is 6.55. The summed E-state index contributed by atoms with van der Waals surface area (Å²) in [5.41, 5.74) is 3.98. The number of methoxy groups -OCH3 is 1. The summed E-state index contributed by atoms with van der Waals surface area (Å²) in [6.07, 6.45) is 3.94. The van der Waals surface area contributed by atoms with E-state index in [2.05, 4.69) is 11.2 Å². The maximum atomic E-state index is 12.2. The number of nitrogens with zero attached hydrogens (tertiary/aromatic N) is 3. The molecule has 0 saturated heterocycles. The van der Waals surface area contributed by atoms with Gasteiger partial charge in [0, 0.05) is 34.0 Å². The lowest BCUT2D eigenvalue weighted by Gasteiger charge is -2.18. The number of esters is 1. The molecule has 0 radical (unpaired) electrons. The SMILES string of the molecule is COC(=O)c1c[s+](C)c2c1CN=C(c1ccccc1Cl)C1=CN(Cl)CN12. The Morgan fingerprint density at radius 3 is 2.85 bits per heavy atom. The van der Waals surface area contributed by atoms with Crippen molar-refractivity contribution < 1.29 is 9.53 Å². The van der Waals surface area contributed by atoms with Gasteiger partial charge in [-0.1, -0.05) is 29.8 Å². The van der Waals surface area contributed by atoms with Crippen molar-refractivity contribution in [2.45, 2.75) is 6.54 Å². The fourth-order valence-electron chi connectivity index (χ4n) is 3.32. The van der Waals surface area contributed by atoms with E-state index in [0.717, 1.165) is 27.5 Å². The van der Waals surface area contributed by atoms with Crippen molar-refractivity contribution in [2.24, 2.45) is 11.2 Å². The van der Waals surface area contributed by atoms with Gasteiger partial charge < -0.3 is 4.74 Å². The molecule has 2 aliphatic rings. The lowest BCUT2D eigenvalue weighted by molar-refractivity contribution is 0.0600. The van der Waals surface area contributed by atoms with Crippen molar-refractivity contribution in [3.63, 3.8) is 0 Å². The highest BCUT2D eigenvalue weighted by Crippen LogP contribution is 2.45. The molecule has 0 amide bonds. The van der Waals surface area contributed by atoms with Gasteiger partial charge in [0.2, 0.25) is 0 Å². The van der Waals surface area contributed by atoms with E-state index in [1.807, 2.05) is 35.8 Å². The van der Waals surface area contributed by atoms with E-state index >= 15 is 0 Å². The van der Waals surface area contributed by atoms with Crippen LogP contribution in [-0.2, 0) is 17.5 Å². The Hall–Kier alpha value is -2.02. The fraction of sp³-hybridized carbons (Fsp3) is 0.222. The number of rotatable bonds is 2. The van der Waals surface area contributed by atoms with E-state index in [-0.39, 0.29) is 16.4 Å². The zero-order valence-corrected chi connectivity index (χ0v) is 16.5. The smallest absolute Gasteiger partial charge is 0.343 e. The molecule has 1 atom stereocenters. The van der Waals surface area contributed by atoms with Crippen LogP contribution in [0, 0.1) is 0 Å². The third-order valence-corrected chi connectivity index (χ3v) is 6.63. The Labute approximate surface area is 164 Å². The largest absolute Gasteiger partial charge is 0.465 e. The highest BCUT2D eigenvalue weighted by Gasteiger charge is 2.39. The zero-order valence-electron chi connectivity index (χ0n) is 14.2. The second kappa shape index (κ2) is 6.61. The number of ether oxygens (including phenoxy) is 1. The van der Waals surface area contributed by atoms with Crippen LogP contribution in [0.1, 0.15) is 21.5 Å². The molecule has 2 aliphatic heterocycles. The van der Waals surface area contributed by atoms with Crippen LogP contribution in [0.15, 0.2) is 46.5 Å². The molecule has 0 aliphatic carbocycles. The van der Waals surface area contributed by atoms with Gasteiger partial charge in [-0.25, -0.2) is 4.79 Å². The number of anilines is 1. The fourth-order valence-corrected chi connectivity index (χ4v) is 5.51. The Morgan fingerprint density at radius 1 is 1.35 bits per heavy atom. The Balaban J connectivity index is 1.91. The number of hydrogen-bond donors (Lipinski definition) is 0. The molecule has 0 saturated carbocycles. The Bertz CT molecular complexity index is 967. The highest BCUT2D eigenvalue weighted by atomic mass is 35.5. The molecule has 1 aromatic heterocycles. The van der Waals surface area contributed by atoms with Gasteiger partial charge >= 0.3 is 5.97 Å². The van der Waals surface area contributed by atoms with Gasteiger partial charge in [0.15, 0.2) is 5.38 Å². The van der Waals surface area contributed by atoms with Crippen molar-refractivity contribution in [3.05, 3.63) is 63.3 Å². The predicted octanol–water partition coefficient (Wildman–Crippen LogP) is 4.49. The minimum absolute atomic E-state index is 0.245. The maximum absolute atomic E-state index is 12.2. The van der Waals surface area contributed by atoms with Crippen LogP contribution in [0.5, 0.6) is 0 Å². The number of allylic oxidation sites excluding steroid dienone is 1. The topological polar surface area (TPSA) is 45.1 Å². The first-order valence-electron chi connectivity index (χ1n) is 7.91. The summed E-state index contributed by atoms with van der Waals surface area (Å²) in [4.78, 5) is 19.2. The summed E-state index contributed by atoms with van der Waals surface area (Å²) in [5.74, 6) is -0.335. The first-order valence-corrected chi connectivity index (χ1v) is 10.3. The van der Waals surface area contributed by atoms with Crippen molar-refractivity contribution >= 4 is 50.5 Å². The maximum Gasteiger partial charge on any atom is 0.343 e. The van der Waals surface area contributed by atoms with Crippen LogP contribution < -0.4 is 4.90 Å². The van der Waals surface area contributed by atoms with Gasteiger partial charge in [0.05, 0.1) is 35.6 Å². The zero-order chi connectivity index (χ0) is 18.4. The quantitative estimate of drug-likeness (QED) is 0.417. The van der Waals surface area contributed by atoms with E-state index in [1.165, 1.54) is 7.11 Å². The van der Waals surface area contributed by atoms with E-state index in [9.17, 15) is 4.79 Å². The molecular weight excluding hydrogens is 393 g/mol. The molecule has 26 heavy (non-hydrogen) atoms. The van der Waals surface area contributed by atoms with Gasteiger partial charge in [-0.15, -0.1) is 0 Å². The summed E-state index contributed by atoms with van der Waals surface area (Å²) in [6.45, 7) is 0.878. The minimum atomic E-state index is -0.335. The Kier molecular flexibility index (Phi) is 4.42. The number of fused-ring (bicyclic) bond motifs is 3. The molecule has 3 heterocycles. The molecule has 4 rings (SSSR count). The van der Waals surface area contributed by atoms with Crippen LogP contribution >= 0.6 is 33.8 Å². The van der Waals surface area contributed by atoms with Gasteiger partial charge in [0.1, 0.15) is 18.5 Å². The highest BCUT2D eigenvalue weighted by molar-refractivity contribution is 7.32. The molecule has 1 aromatic carbocycles. The lowest BCUT2D eigenvalue weighted by atomic mass is 10.1. The number of benzene rings is 1. The first kappa shape index (κ1) is 17.4. The number of halogens is 2. The third-order valence-electron chi connectivity index (χ3n) is 4.43. The normalized spacial score (nSPS) is 16.5.